The van der Waals surface area contributed by atoms with Gasteiger partial charge < -0.3 is 5.32 Å². The van der Waals surface area contributed by atoms with Crippen molar-refractivity contribution in [2.45, 2.75) is 45.6 Å². The zero-order chi connectivity index (χ0) is 11.8. The molecule has 2 heteroatoms. The summed E-state index contributed by atoms with van der Waals surface area (Å²) in [5.74, 6) is 0. The van der Waals surface area contributed by atoms with Gasteiger partial charge >= 0.3 is 0 Å². The van der Waals surface area contributed by atoms with Crippen LogP contribution in [0.4, 0.5) is 0 Å². The largest absolute Gasteiger partial charge is 0.310 e. The van der Waals surface area contributed by atoms with Crippen LogP contribution in [0, 0.1) is 0 Å². The van der Waals surface area contributed by atoms with Gasteiger partial charge in [-0.2, -0.15) is 0 Å². The van der Waals surface area contributed by atoms with Crippen LogP contribution in [0.15, 0.2) is 29.7 Å². The quantitative estimate of drug-likeness (QED) is 0.674. The number of thiophene rings is 1. The van der Waals surface area contributed by atoms with Gasteiger partial charge in [0.1, 0.15) is 0 Å². The zero-order valence-electron chi connectivity index (χ0n) is 10.5. The van der Waals surface area contributed by atoms with Gasteiger partial charge in [0.05, 0.1) is 0 Å². The topological polar surface area (TPSA) is 12.0 Å². The molecular formula is C14H23NS. The maximum absolute atomic E-state index is 4.06. The smallest absolute Gasteiger partial charge is 0.0274 e. The highest BCUT2D eigenvalue weighted by Crippen LogP contribution is 2.14. The van der Waals surface area contributed by atoms with Gasteiger partial charge in [0.25, 0.3) is 0 Å². The van der Waals surface area contributed by atoms with E-state index in [1.165, 1.54) is 36.1 Å². The summed E-state index contributed by atoms with van der Waals surface area (Å²) < 4.78 is 0. The van der Waals surface area contributed by atoms with Crippen LogP contribution >= 0.6 is 11.3 Å². The second kappa shape index (κ2) is 7.64. The van der Waals surface area contributed by atoms with Gasteiger partial charge in [0.2, 0.25) is 0 Å². The molecule has 1 heterocycles. The third-order valence-electron chi connectivity index (χ3n) is 2.73. The standard InChI is InChI=1S/C14H23NS/c1-4-10-15-14(12(2)3)9-5-7-13-8-6-11-16-13/h6,8,11,14-15H,2,4-5,7,9-10H2,1,3H3. The van der Waals surface area contributed by atoms with Crippen LogP contribution in [0.25, 0.3) is 0 Å². The summed E-state index contributed by atoms with van der Waals surface area (Å²) in [6.45, 7) is 9.48. The Balaban J connectivity index is 2.24. The lowest BCUT2D eigenvalue weighted by molar-refractivity contribution is 0.518. The Bertz CT molecular complexity index is 290. The van der Waals surface area contributed by atoms with Crippen LogP contribution in [0.1, 0.15) is 38.0 Å². The van der Waals surface area contributed by atoms with Crippen LogP contribution in [-0.4, -0.2) is 12.6 Å². The normalized spacial score (nSPS) is 12.6. The molecule has 0 aliphatic heterocycles. The van der Waals surface area contributed by atoms with Gasteiger partial charge in [-0.15, -0.1) is 11.3 Å². The fourth-order valence-electron chi connectivity index (χ4n) is 1.78. The van der Waals surface area contributed by atoms with Crippen LogP contribution < -0.4 is 5.32 Å². The van der Waals surface area contributed by atoms with Crippen molar-refractivity contribution >= 4 is 11.3 Å². The molecule has 0 aliphatic carbocycles. The molecule has 0 saturated carbocycles. The Morgan fingerprint density at radius 2 is 2.38 bits per heavy atom. The first-order valence-corrected chi connectivity index (χ1v) is 7.03. The van der Waals surface area contributed by atoms with E-state index < -0.39 is 0 Å². The summed E-state index contributed by atoms with van der Waals surface area (Å²) in [6, 6.07) is 4.85. The number of hydrogen-bond donors (Lipinski definition) is 1. The summed E-state index contributed by atoms with van der Waals surface area (Å²) in [5.41, 5.74) is 1.26. The van der Waals surface area contributed by atoms with E-state index in [2.05, 4.69) is 43.3 Å². The molecule has 90 valence electrons. The Kier molecular flexibility index (Phi) is 6.43. The highest BCUT2D eigenvalue weighted by atomic mass is 32.1. The molecule has 0 spiro atoms. The van der Waals surface area contributed by atoms with Gasteiger partial charge in [-0.1, -0.05) is 25.1 Å². The van der Waals surface area contributed by atoms with Gasteiger partial charge in [0, 0.05) is 10.9 Å². The first-order chi connectivity index (χ1) is 7.74. The number of aryl methyl sites for hydroxylation is 1. The van der Waals surface area contributed by atoms with E-state index in [4.69, 9.17) is 0 Å². The van der Waals surface area contributed by atoms with Crippen molar-refractivity contribution in [3.63, 3.8) is 0 Å². The highest BCUT2D eigenvalue weighted by Gasteiger charge is 2.07. The van der Waals surface area contributed by atoms with Crippen LogP contribution in [0.5, 0.6) is 0 Å². The second-order valence-corrected chi connectivity index (χ2v) is 5.36. The second-order valence-electron chi connectivity index (χ2n) is 4.32. The summed E-state index contributed by atoms with van der Waals surface area (Å²) in [5, 5.41) is 5.71. The monoisotopic (exact) mass is 237 g/mol. The van der Waals surface area contributed by atoms with Gasteiger partial charge in [0.15, 0.2) is 0 Å². The van der Waals surface area contributed by atoms with Gasteiger partial charge in [-0.25, -0.2) is 0 Å². The maximum atomic E-state index is 4.06. The minimum atomic E-state index is 0.500. The molecule has 0 aromatic carbocycles. The van der Waals surface area contributed by atoms with Gasteiger partial charge in [-0.05, 0) is 50.6 Å². The van der Waals surface area contributed by atoms with Crippen molar-refractivity contribution in [3.8, 4) is 0 Å². The van der Waals surface area contributed by atoms with Crippen LogP contribution in [-0.2, 0) is 6.42 Å². The Hall–Kier alpha value is -0.600. The lowest BCUT2D eigenvalue weighted by Gasteiger charge is -2.18. The number of hydrogen-bond acceptors (Lipinski definition) is 2. The fraction of sp³-hybridized carbons (Fsp3) is 0.571. The molecule has 0 radical (unpaired) electrons. The average Bonchev–Trinajstić information content (AvgIpc) is 2.75. The van der Waals surface area contributed by atoms with E-state index in [0.29, 0.717) is 6.04 Å². The van der Waals surface area contributed by atoms with E-state index in [9.17, 15) is 0 Å². The minimum absolute atomic E-state index is 0.500. The lowest BCUT2D eigenvalue weighted by atomic mass is 10.0. The van der Waals surface area contributed by atoms with Crippen molar-refractivity contribution in [2.75, 3.05) is 6.54 Å². The molecule has 1 rings (SSSR count). The Morgan fingerprint density at radius 1 is 1.56 bits per heavy atom. The SMILES string of the molecule is C=C(C)C(CCCc1cccs1)NCCC. The van der Waals surface area contributed by atoms with E-state index in [1.807, 2.05) is 11.3 Å². The lowest BCUT2D eigenvalue weighted by Crippen LogP contribution is -2.30. The molecule has 16 heavy (non-hydrogen) atoms. The third kappa shape index (κ3) is 4.95. The molecular weight excluding hydrogens is 214 g/mol. The van der Waals surface area contributed by atoms with Crippen molar-refractivity contribution in [1.29, 1.82) is 0 Å². The van der Waals surface area contributed by atoms with E-state index >= 15 is 0 Å². The average molecular weight is 237 g/mol. The van der Waals surface area contributed by atoms with E-state index in [1.54, 1.807) is 0 Å². The van der Waals surface area contributed by atoms with Crippen molar-refractivity contribution in [2.24, 2.45) is 0 Å². The number of rotatable bonds is 8. The molecule has 0 amide bonds. The summed E-state index contributed by atoms with van der Waals surface area (Å²) >= 11 is 1.86. The van der Waals surface area contributed by atoms with E-state index in [0.717, 1.165) is 6.54 Å². The first-order valence-electron chi connectivity index (χ1n) is 6.15. The molecule has 0 bridgehead atoms. The molecule has 1 aromatic rings. The van der Waals surface area contributed by atoms with Crippen LogP contribution in [0.2, 0.25) is 0 Å². The fourth-order valence-corrected chi connectivity index (χ4v) is 2.53. The molecule has 1 nitrogen and oxygen atoms in total. The molecule has 0 saturated heterocycles. The van der Waals surface area contributed by atoms with Crippen molar-refractivity contribution in [1.82, 2.24) is 5.32 Å². The molecule has 1 atom stereocenters. The zero-order valence-corrected chi connectivity index (χ0v) is 11.3. The molecule has 1 aromatic heterocycles. The summed E-state index contributed by atoms with van der Waals surface area (Å²) in [6.07, 6.45) is 4.84. The first kappa shape index (κ1) is 13.5. The molecule has 1 N–H and O–H groups in total. The predicted molar refractivity (Wildman–Crippen MR) is 74.2 cm³/mol. The predicted octanol–water partition coefficient (Wildman–Crippen LogP) is 4.02. The van der Waals surface area contributed by atoms with Crippen molar-refractivity contribution < 1.29 is 0 Å². The molecule has 0 fully saturated rings. The Labute approximate surface area is 104 Å². The third-order valence-corrected chi connectivity index (χ3v) is 3.67. The molecule has 1 unspecified atom stereocenters. The molecule has 0 aliphatic rings. The van der Waals surface area contributed by atoms with Crippen LogP contribution in [0.3, 0.4) is 0 Å². The van der Waals surface area contributed by atoms with E-state index in [-0.39, 0.29) is 0 Å². The Morgan fingerprint density at radius 3 is 2.94 bits per heavy atom. The minimum Gasteiger partial charge on any atom is -0.310 e. The highest BCUT2D eigenvalue weighted by molar-refractivity contribution is 7.09. The number of nitrogens with one attached hydrogen (secondary N) is 1. The maximum Gasteiger partial charge on any atom is 0.0274 e. The van der Waals surface area contributed by atoms with Gasteiger partial charge in [-0.3, -0.25) is 0 Å². The van der Waals surface area contributed by atoms with Crippen molar-refractivity contribution in [3.05, 3.63) is 34.5 Å². The summed E-state index contributed by atoms with van der Waals surface area (Å²) in [7, 11) is 0. The summed E-state index contributed by atoms with van der Waals surface area (Å²) in [4.78, 5) is 1.50.